The molecule has 3 heteroatoms. The van der Waals surface area contributed by atoms with Gasteiger partial charge in [-0.1, -0.05) is 25.2 Å². The summed E-state index contributed by atoms with van der Waals surface area (Å²) in [4.78, 5) is 0. The van der Waals surface area contributed by atoms with E-state index in [-0.39, 0.29) is 29.6 Å². The van der Waals surface area contributed by atoms with Gasteiger partial charge in [0.1, 0.15) is 0 Å². The first-order valence-corrected chi connectivity index (χ1v) is 1.85. The van der Waals surface area contributed by atoms with Crippen molar-refractivity contribution in [2.45, 2.75) is 13.0 Å². The molecule has 0 aliphatic rings. The van der Waals surface area contributed by atoms with E-state index in [0.29, 0.717) is 0 Å². The minimum atomic E-state index is -0.676. The molecule has 0 amide bonds. The molecule has 0 aromatic heterocycles. The SMILES string of the molecule is CC([O-])C=S.[Na+]. The fraction of sp³-hybridized carbons (Fsp3) is 0.667. The van der Waals surface area contributed by atoms with Crippen LogP contribution >= 0.6 is 12.2 Å². The Kier molecular flexibility index (Phi) is 10.2. The molecule has 0 saturated carbocycles. The summed E-state index contributed by atoms with van der Waals surface area (Å²) < 4.78 is 0. The predicted molar refractivity (Wildman–Crippen MR) is 23.1 cm³/mol. The van der Waals surface area contributed by atoms with Gasteiger partial charge in [0.2, 0.25) is 0 Å². The predicted octanol–water partition coefficient (Wildman–Crippen LogP) is -3.26. The monoisotopic (exact) mass is 112 g/mol. The zero-order valence-corrected chi connectivity index (χ0v) is 6.79. The van der Waals surface area contributed by atoms with Gasteiger partial charge in [-0.3, -0.25) is 0 Å². The first-order chi connectivity index (χ1) is 2.27. The third-order valence-corrected chi connectivity index (χ3v) is 0.575. The van der Waals surface area contributed by atoms with Gasteiger partial charge in [-0.25, -0.2) is 0 Å². The number of thiocarbonyl (C=S) groups is 1. The molecule has 0 N–H and O–H groups in total. The third kappa shape index (κ3) is 8.90. The van der Waals surface area contributed by atoms with Gasteiger partial charge in [0.05, 0.1) is 0 Å². The molecule has 0 aromatic carbocycles. The maximum Gasteiger partial charge on any atom is 1.00 e. The summed E-state index contributed by atoms with van der Waals surface area (Å²) in [6, 6.07) is 0. The normalized spacial score (nSPS) is 11.7. The maximum atomic E-state index is 9.74. The van der Waals surface area contributed by atoms with E-state index in [1.165, 1.54) is 12.3 Å². The summed E-state index contributed by atoms with van der Waals surface area (Å²) in [6.45, 7) is 1.51. The minimum absolute atomic E-state index is 0. The zero-order chi connectivity index (χ0) is 4.28. The zero-order valence-electron chi connectivity index (χ0n) is 3.97. The summed E-state index contributed by atoms with van der Waals surface area (Å²) in [5.74, 6) is 0. The summed E-state index contributed by atoms with van der Waals surface area (Å²) in [5, 5.41) is 10.9. The Labute approximate surface area is 65.0 Å². The van der Waals surface area contributed by atoms with E-state index in [0.717, 1.165) is 0 Å². The molecule has 30 valence electrons. The standard InChI is InChI=1S/C3H5OS.Na/c1-3(4)2-5;/h2-3H,1H3;/q-1;+1. The molecule has 0 radical (unpaired) electrons. The van der Waals surface area contributed by atoms with Crippen LogP contribution < -0.4 is 34.7 Å². The van der Waals surface area contributed by atoms with Crippen LogP contribution in [0.3, 0.4) is 0 Å². The Balaban J connectivity index is 0. The number of rotatable bonds is 1. The Morgan fingerprint density at radius 3 is 2.00 bits per heavy atom. The maximum absolute atomic E-state index is 9.74. The summed E-state index contributed by atoms with van der Waals surface area (Å²) in [6.07, 6.45) is -0.676. The topological polar surface area (TPSA) is 23.1 Å². The number of hydrogen-bond donors (Lipinski definition) is 0. The van der Waals surface area contributed by atoms with E-state index in [2.05, 4.69) is 12.2 Å². The van der Waals surface area contributed by atoms with Crippen LogP contribution in [0, 0.1) is 0 Å². The van der Waals surface area contributed by atoms with Crippen molar-refractivity contribution in [1.82, 2.24) is 0 Å². The Hall–Kier alpha value is 1.05. The van der Waals surface area contributed by atoms with Crippen molar-refractivity contribution < 1.29 is 34.7 Å². The first-order valence-electron chi connectivity index (χ1n) is 1.38. The summed E-state index contributed by atoms with van der Waals surface area (Å²) in [5.41, 5.74) is 0. The third-order valence-electron chi connectivity index (χ3n) is 0.192. The summed E-state index contributed by atoms with van der Waals surface area (Å²) in [7, 11) is 0. The number of hydrogen-bond acceptors (Lipinski definition) is 2. The van der Waals surface area contributed by atoms with E-state index in [1.807, 2.05) is 0 Å². The van der Waals surface area contributed by atoms with Gasteiger partial charge in [0.15, 0.2) is 0 Å². The molecule has 0 rings (SSSR count). The van der Waals surface area contributed by atoms with E-state index >= 15 is 0 Å². The minimum Gasteiger partial charge on any atom is -0.849 e. The van der Waals surface area contributed by atoms with Crippen molar-refractivity contribution in [3.8, 4) is 0 Å². The second-order valence-electron chi connectivity index (χ2n) is 0.841. The van der Waals surface area contributed by atoms with E-state index in [9.17, 15) is 5.11 Å². The van der Waals surface area contributed by atoms with Crippen molar-refractivity contribution in [2.24, 2.45) is 0 Å². The van der Waals surface area contributed by atoms with Gasteiger partial charge in [0.25, 0.3) is 0 Å². The van der Waals surface area contributed by atoms with Crippen LogP contribution in [0.5, 0.6) is 0 Å². The van der Waals surface area contributed by atoms with Crippen LogP contribution in [0.4, 0.5) is 0 Å². The average Bonchev–Trinajstić information content (AvgIpc) is 1.38. The van der Waals surface area contributed by atoms with Gasteiger partial charge < -0.3 is 5.11 Å². The van der Waals surface area contributed by atoms with Crippen LogP contribution in [0.2, 0.25) is 0 Å². The quantitative estimate of drug-likeness (QED) is 0.262. The van der Waals surface area contributed by atoms with Crippen molar-refractivity contribution in [2.75, 3.05) is 0 Å². The van der Waals surface area contributed by atoms with Gasteiger partial charge >= 0.3 is 29.6 Å². The van der Waals surface area contributed by atoms with Gasteiger partial charge in [-0.2, -0.15) is 0 Å². The molecule has 0 aliphatic heterocycles. The molecule has 0 aliphatic carbocycles. The van der Waals surface area contributed by atoms with Crippen LogP contribution in [0.15, 0.2) is 0 Å². The summed E-state index contributed by atoms with van der Waals surface area (Å²) >= 11 is 4.24. The van der Waals surface area contributed by atoms with E-state index < -0.39 is 6.10 Å². The molecule has 0 bridgehead atoms. The van der Waals surface area contributed by atoms with Gasteiger partial charge in [-0.05, 0) is 5.37 Å². The fourth-order valence-electron chi connectivity index (χ4n) is 0. The fourth-order valence-corrected chi connectivity index (χ4v) is 0. The van der Waals surface area contributed by atoms with Crippen LogP contribution in [0.25, 0.3) is 0 Å². The van der Waals surface area contributed by atoms with Crippen molar-refractivity contribution in [1.29, 1.82) is 0 Å². The van der Waals surface area contributed by atoms with Gasteiger partial charge in [-0.15, -0.1) is 0 Å². The van der Waals surface area contributed by atoms with E-state index in [1.54, 1.807) is 0 Å². The Bertz CT molecular complexity index is 37.8. The molecule has 0 heterocycles. The molecule has 0 spiro atoms. The Morgan fingerprint density at radius 2 is 2.00 bits per heavy atom. The molecule has 0 aromatic rings. The molecule has 1 nitrogen and oxygen atoms in total. The largest absolute Gasteiger partial charge is 1.00 e. The van der Waals surface area contributed by atoms with Crippen LogP contribution in [0.1, 0.15) is 6.92 Å². The molecule has 1 atom stereocenters. The molecule has 0 fully saturated rings. The first kappa shape index (κ1) is 10.1. The molecule has 0 saturated heterocycles. The van der Waals surface area contributed by atoms with Crippen LogP contribution in [-0.4, -0.2) is 11.5 Å². The second kappa shape index (κ2) is 6.05. The average molecular weight is 112 g/mol. The molecule has 6 heavy (non-hydrogen) atoms. The Morgan fingerprint density at radius 1 is 1.83 bits per heavy atom. The van der Waals surface area contributed by atoms with Crippen molar-refractivity contribution >= 4 is 17.6 Å². The molecular formula is C3H5NaOS. The van der Waals surface area contributed by atoms with Crippen LogP contribution in [-0.2, 0) is 0 Å². The smallest absolute Gasteiger partial charge is 0.849 e. The van der Waals surface area contributed by atoms with Crippen molar-refractivity contribution in [3.63, 3.8) is 0 Å². The van der Waals surface area contributed by atoms with Crippen molar-refractivity contribution in [3.05, 3.63) is 0 Å². The van der Waals surface area contributed by atoms with E-state index in [4.69, 9.17) is 0 Å². The van der Waals surface area contributed by atoms with Gasteiger partial charge in [0, 0.05) is 0 Å². The second-order valence-corrected chi connectivity index (χ2v) is 1.11. The molecular weight excluding hydrogens is 107 g/mol. The molecule has 1 unspecified atom stereocenters.